The molecule has 7 heteroatoms. The van der Waals surface area contributed by atoms with Crippen molar-refractivity contribution in [2.75, 3.05) is 19.8 Å². The van der Waals surface area contributed by atoms with E-state index in [0.29, 0.717) is 5.75 Å². The minimum absolute atomic E-state index is 0.0102. The molecular formula is C21H31NO6. The van der Waals surface area contributed by atoms with Gasteiger partial charge < -0.3 is 14.2 Å². The number of rotatable bonds is 6. The number of carbonyl (C=O) groups is 3. The summed E-state index contributed by atoms with van der Waals surface area (Å²) in [5, 5.41) is 1.94. The molecule has 156 valence electrons. The Kier molecular flexibility index (Phi) is 8.02. The lowest BCUT2D eigenvalue weighted by Crippen LogP contribution is -2.35. The molecule has 28 heavy (non-hydrogen) atoms. The van der Waals surface area contributed by atoms with Crippen molar-refractivity contribution in [1.29, 1.82) is 0 Å². The molecule has 1 aromatic carbocycles. The predicted molar refractivity (Wildman–Crippen MR) is 105 cm³/mol. The molecule has 2 amide bonds. The third-order valence-corrected chi connectivity index (χ3v) is 3.88. The highest BCUT2D eigenvalue weighted by molar-refractivity contribution is 5.93. The Balaban J connectivity index is 2.70. The highest BCUT2D eigenvalue weighted by Crippen LogP contribution is 2.35. The molecule has 7 nitrogen and oxygen atoms in total. The van der Waals surface area contributed by atoms with Crippen molar-refractivity contribution in [1.82, 2.24) is 5.32 Å². The monoisotopic (exact) mass is 393 g/mol. The fourth-order valence-corrected chi connectivity index (χ4v) is 2.35. The number of hydrogen-bond donors (Lipinski definition) is 1. The summed E-state index contributed by atoms with van der Waals surface area (Å²) in [4.78, 5) is 34.5. The lowest BCUT2D eigenvalue weighted by atomic mass is 9.80. The first-order valence-corrected chi connectivity index (χ1v) is 9.24. The van der Waals surface area contributed by atoms with Crippen LogP contribution in [0.3, 0.4) is 0 Å². The quantitative estimate of drug-likeness (QED) is 0.744. The molecule has 0 saturated heterocycles. The van der Waals surface area contributed by atoms with Crippen molar-refractivity contribution in [2.45, 2.75) is 59.3 Å². The molecule has 0 radical (unpaired) electrons. The molecule has 0 saturated carbocycles. The number of alkyl carbamates (subject to hydrolysis) is 1. The van der Waals surface area contributed by atoms with Crippen LogP contribution in [0.2, 0.25) is 0 Å². The maximum Gasteiger partial charge on any atom is 0.413 e. The normalized spacial score (nSPS) is 11.5. The van der Waals surface area contributed by atoms with Crippen LogP contribution in [-0.2, 0) is 29.9 Å². The molecule has 0 bridgehead atoms. The summed E-state index contributed by atoms with van der Waals surface area (Å²) in [6.07, 6.45) is -0.881. The Morgan fingerprint density at radius 3 is 2.11 bits per heavy atom. The largest absolute Gasteiger partial charge is 0.482 e. The van der Waals surface area contributed by atoms with Crippen LogP contribution < -0.4 is 10.1 Å². The summed E-state index contributed by atoms with van der Waals surface area (Å²) in [5.41, 5.74) is 1.96. The first-order valence-electron chi connectivity index (χ1n) is 9.24. The van der Waals surface area contributed by atoms with E-state index in [4.69, 9.17) is 9.47 Å². The van der Waals surface area contributed by atoms with Gasteiger partial charge in [0.25, 0.3) is 5.91 Å². The van der Waals surface area contributed by atoms with E-state index in [9.17, 15) is 14.4 Å². The predicted octanol–water partition coefficient (Wildman–Crippen LogP) is 3.48. The van der Waals surface area contributed by atoms with Gasteiger partial charge >= 0.3 is 12.1 Å². The minimum atomic E-state index is -0.881. The SMILES string of the molecule is CCOC(=O)NC(=O)COC(=O)COc1ccc(C(C)(C)C)cc1C(C)(C)C. The van der Waals surface area contributed by atoms with Crippen molar-refractivity contribution < 1.29 is 28.6 Å². The Hall–Kier alpha value is -2.57. The minimum Gasteiger partial charge on any atom is -0.482 e. The number of carbonyl (C=O) groups excluding carboxylic acids is 3. The smallest absolute Gasteiger partial charge is 0.413 e. The summed E-state index contributed by atoms with van der Waals surface area (Å²) in [7, 11) is 0. The summed E-state index contributed by atoms with van der Waals surface area (Å²) in [5.74, 6) is -0.885. The average Bonchev–Trinajstić information content (AvgIpc) is 2.56. The van der Waals surface area contributed by atoms with Gasteiger partial charge in [0.1, 0.15) is 5.75 Å². The standard InChI is InChI=1S/C21H31NO6/c1-8-26-19(25)22-17(23)12-28-18(24)13-27-16-10-9-14(20(2,3)4)11-15(16)21(5,6)7/h9-11H,8,12-13H2,1-7H3,(H,22,23,25). The molecule has 1 N–H and O–H groups in total. The Morgan fingerprint density at radius 2 is 1.57 bits per heavy atom. The number of benzene rings is 1. The molecule has 1 rings (SSSR count). The first-order chi connectivity index (χ1) is 12.8. The molecule has 0 aliphatic carbocycles. The van der Waals surface area contributed by atoms with Crippen LogP contribution in [0.25, 0.3) is 0 Å². The summed E-state index contributed by atoms with van der Waals surface area (Å²) in [6.45, 7) is 13.4. The maximum atomic E-state index is 11.9. The van der Waals surface area contributed by atoms with E-state index < -0.39 is 24.6 Å². The van der Waals surface area contributed by atoms with Gasteiger partial charge in [-0.3, -0.25) is 10.1 Å². The zero-order chi connectivity index (χ0) is 21.5. The zero-order valence-corrected chi connectivity index (χ0v) is 17.8. The van der Waals surface area contributed by atoms with Gasteiger partial charge in [-0.05, 0) is 34.9 Å². The zero-order valence-electron chi connectivity index (χ0n) is 17.8. The molecule has 0 atom stereocenters. The number of hydrogen-bond acceptors (Lipinski definition) is 6. The second-order valence-corrected chi connectivity index (χ2v) is 8.43. The second-order valence-electron chi connectivity index (χ2n) is 8.43. The molecular weight excluding hydrogens is 362 g/mol. The van der Waals surface area contributed by atoms with E-state index in [-0.39, 0.29) is 24.0 Å². The molecule has 0 unspecified atom stereocenters. The van der Waals surface area contributed by atoms with E-state index in [1.165, 1.54) is 5.56 Å². The molecule has 1 aromatic rings. The maximum absolute atomic E-state index is 11.9. The van der Waals surface area contributed by atoms with Crippen molar-refractivity contribution in [3.05, 3.63) is 29.3 Å². The fourth-order valence-electron chi connectivity index (χ4n) is 2.35. The number of nitrogens with one attached hydrogen (secondary N) is 1. The van der Waals surface area contributed by atoms with E-state index in [1.807, 2.05) is 17.4 Å². The van der Waals surface area contributed by atoms with Crippen LogP contribution in [0, 0.1) is 0 Å². The van der Waals surface area contributed by atoms with E-state index in [1.54, 1.807) is 6.92 Å². The summed E-state index contributed by atoms with van der Waals surface area (Å²) < 4.78 is 15.0. The van der Waals surface area contributed by atoms with Gasteiger partial charge in [0.15, 0.2) is 13.2 Å². The topological polar surface area (TPSA) is 90.9 Å². The molecule has 0 spiro atoms. The molecule has 0 aliphatic heterocycles. The van der Waals surface area contributed by atoms with Crippen LogP contribution in [-0.4, -0.2) is 37.8 Å². The third kappa shape index (κ3) is 7.58. The summed E-state index contributed by atoms with van der Waals surface area (Å²) in [6, 6.07) is 5.91. The van der Waals surface area contributed by atoms with E-state index in [0.717, 1.165) is 5.56 Å². The second kappa shape index (κ2) is 9.57. The average molecular weight is 393 g/mol. The van der Waals surface area contributed by atoms with E-state index in [2.05, 4.69) is 52.3 Å². The molecule has 0 aromatic heterocycles. The molecule has 0 aliphatic rings. The van der Waals surface area contributed by atoms with E-state index >= 15 is 0 Å². The number of imide groups is 1. The molecule has 0 fully saturated rings. The van der Waals surface area contributed by atoms with Crippen molar-refractivity contribution >= 4 is 18.0 Å². The van der Waals surface area contributed by atoms with Crippen LogP contribution in [0.4, 0.5) is 4.79 Å². The van der Waals surface area contributed by atoms with Gasteiger partial charge in [-0.2, -0.15) is 0 Å². The lowest BCUT2D eigenvalue weighted by molar-refractivity contribution is -0.150. The van der Waals surface area contributed by atoms with Crippen molar-refractivity contribution in [3.8, 4) is 5.75 Å². The van der Waals surface area contributed by atoms with Gasteiger partial charge in [0, 0.05) is 0 Å². The number of ether oxygens (including phenoxy) is 3. The Bertz CT molecular complexity index is 713. The van der Waals surface area contributed by atoms with Gasteiger partial charge in [-0.1, -0.05) is 53.7 Å². The highest BCUT2D eigenvalue weighted by atomic mass is 16.6. The van der Waals surface area contributed by atoms with Crippen LogP contribution in [0.15, 0.2) is 18.2 Å². The van der Waals surface area contributed by atoms with Gasteiger partial charge in [-0.25, -0.2) is 9.59 Å². The summed E-state index contributed by atoms with van der Waals surface area (Å²) >= 11 is 0. The lowest BCUT2D eigenvalue weighted by Gasteiger charge is -2.27. The van der Waals surface area contributed by atoms with Gasteiger partial charge in [-0.15, -0.1) is 0 Å². The van der Waals surface area contributed by atoms with Crippen molar-refractivity contribution in [3.63, 3.8) is 0 Å². The van der Waals surface area contributed by atoms with Crippen LogP contribution in [0.5, 0.6) is 5.75 Å². The van der Waals surface area contributed by atoms with Crippen molar-refractivity contribution in [2.24, 2.45) is 0 Å². The Morgan fingerprint density at radius 1 is 0.929 bits per heavy atom. The third-order valence-electron chi connectivity index (χ3n) is 3.88. The molecule has 0 heterocycles. The fraction of sp³-hybridized carbons (Fsp3) is 0.571. The number of esters is 1. The highest BCUT2D eigenvalue weighted by Gasteiger charge is 2.23. The van der Waals surface area contributed by atoms with Crippen LogP contribution in [0.1, 0.15) is 59.6 Å². The van der Waals surface area contributed by atoms with Crippen LogP contribution >= 0.6 is 0 Å². The number of amides is 2. The van der Waals surface area contributed by atoms with Gasteiger partial charge in [0.05, 0.1) is 6.61 Å². The van der Waals surface area contributed by atoms with Gasteiger partial charge in [0.2, 0.25) is 0 Å². The Labute approximate surface area is 166 Å². The first kappa shape index (κ1) is 23.5.